The quantitative estimate of drug-likeness (QED) is 0.853. The third-order valence-corrected chi connectivity index (χ3v) is 2.89. The van der Waals surface area contributed by atoms with Crippen LogP contribution in [0.3, 0.4) is 0 Å². The second-order valence-electron chi connectivity index (χ2n) is 4.63. The van der Waals surface area contributed by atoms with Gasteiger partial charge in [-0.1, -0.05) is 6.07 Å². The van der Waals surface area contributed by atoms with Crippen molar-refractivity contribution in [3.63, 3.8) is 0 Å². The fourth-order valence-electron chi connectivity index (χ4n) is 1.86. The van der Waals surface area contributed by atoms with Crippen molar-refractivity contribution in [1.82, 2.24) is 4.57 Å². The SMILES string of the molecule is Cc1ccc(F)c(OCCCn2cc(N)ccc2=O)c1. The summed E-state index contributed by atoms with van der Waals surface area (Å²) in [5, 5.41) is 0. The molecule has 4 nitrogen and oxygen atoms in total. The number of aryl methyl sites for hydroxylation is 2. The van der Waals surface area contributed by atoms with Crippen LogP contribution in [0.4, 0.5) is 10.1 Å². The molecule has 1 aromatic carbocycles. The van der Waals surface area contributed by atoms with Crippen molar-refractivity contribution in [2.75, 3.05) is 12.3 Å². The van der Waals surface area contributed by atoms with Gasteiger partial charge in [0.1, 0.15) is 0 Å². The maximum absolute atomic E-state index is 13.4. The van der Waals surface area contributed by atoms with Crippen molar-refractivity contribution in [1.29, 1.82) is 0 Å². The molecule has 0 amide bonds. The molecule has 2 rings (SSSR count). The van der Waals surface area contributed by atoms with Gasteiger partial charge in [0.2, 0.25) is 0 Å². The van der Waals surface area contributed by atoms with Crippen LogP contribution in [0.15, 0.2) is 41.3 Å². The van der Waals surface area contributed by atoms with Gasteiger partial charge in [0.25, 0.3) is 5.56 Å². The molecular formula is C15H17FN2O2. The summed E-state index contributed by atoms with van der Waals surface area (Å²) in [4.78, 5) is 11.5. The molecule has 2 N–H and O–H groups in total. The number of hydrogen-bond donors (Lipinski definition) is 1. The van der Waals surface area contributed by atoms with Gasteiger partial charge in [-0.3, -0.25) is 4.79 Å². The topological polar surface area (TPSA) is 57.2 Å². The van der Waals surface area contributed by atoms with Crippen molar-refractivity contribution < 1.29 is 9.13 Å². The van der Waals surface area contributed by atoms with E-state index in [0.29, 0.717) is 25.3 Å². The monoisotopic (exact) mass is 276 g/mol. The lowest BCUT2D eigenvalue weighted by atomic mass is 10.2. The molecular weight excluding hydrogens is 259 g/mol. The molecule has 1 aromatic heterocycles. The van der Waals surface area contributed by atoms with Crippen LogP contribution >= 0.6 is 0 Å². The second-order valence-corrected chi connectivity index (χ2v) is 4.63. The zero-order valence-electron chi connectivity index (χ0n) is 11.3. The fourth-order valence-corrected chi connectivity index (χ4v) is 1.86. The number of anilines is 1. The number of nitrogens with two attached hydrogens (primary N) is 1. The lowest BCUT2D eigenvalue weighted by Gasteiger charge is -2.09. The smallest absolute Gasteiger partial charge is 0.250 e. The molecule has 0 atom stereocenters. The number of nitrogen functional groups attached to an aromatic ring is 1. The number of rotatable bonds is 5. The number of pyridine rings is 1. The van der Waals surface area contributed by atoms with Gasteiger partial charge in [0.05, 0.1) is 6.61 Å². The van der Waals surface area contributed by atoms with Crippen LogP contribution in [0, 0.1) is 12.7 Å². The van der Waals surface area contributed by atoms with Gasteiger partial charge in [0, 0.05) is 24.5 Å². The molecule has 0 unspecified atom stereocenters. The molecule has 106 valence electrons. The number of benzene rings is 1. The minimum Gasteiger partial charge on any atom is -0.490 e. The third-order valence-electron chi connectivity index (χ3n) is 2.89. The second kappa shape index (κ2) is 6.23. The molecule has 0 aliphatic heterocycles. The van der Waals surface area contributed by atoms with Gasteiger partial charge < -0.3 is 15.0 Å². The van der Waals surface area contributed by atoms with E-state index in [1.54, 1.807) is 24.4 Å². The Morgan fingerprint density at radius 1 is 1.30 bits per heavy atom. The first-order valence-corrected chi connectivity index (χ1v) is 6.41. The molecule has 0 saturated heterocycles. The average molecular weight is 276 g/mol. The Balaban J connectivity index is 1.89. The number of nitrogens with zero attached hydrogens (tertiary/aromatic N) is 1. The maximum Gasteiger partial charge on any atom is 0.250 e. The minimum absolute atomic E-state index is 0.110. The van der Waals surface area contributed by atoms with E-state index >= 15 is 0 Å². The summed E-state index contributed by atoms with van der Waals surface area (Å²) in [6.07, 6.45) is 2.19. The number of ether oxygens (including phenoxy) is 1. The Labute approximate surface area is 116 Å². The number of hydrogen-bond acceptors (Lipinski definition) is 3. The Bertz CT molecular complexity index is 653. The van der Waals surface area contributed by atoms with E-state index in [1.165, 1.54) is 16.7 Å². The highest BCUT2D eigenvalue weighted by Crippen LogP contribution is 2.18. The number of aromatic nitrogens is 1. The van der Waals surface area contributed by atoms with Crippen LogP contribution in [-0.2, 0) is 6.54 Å². The first-order chi connectivity index (χ1) is 9.56. The first kappa shape index (κ1) is 14.1. The molecule has 0 saturated carbocycles. The molecule has 0 fully saturated rings. The van der Waals surface area contributed by atoms with Gasteiger partial charge in [0.15, 0.2) is 11.6 Å². The molecule has 0 aliphatic rings. The fraction of sp³-hybridized carbons (Fsp3) is 0.267. The summed E-state index contributed by atoms with van der Waals surface area (Å²) in [6, 6.07) is 7.72. The first-order valence-electron chi connectivity index (χ1n) is 6.41. The Morgan fingerprint density at radius 2 is 2.10 bits per heavy atom. The predicted octanol–water partition coefficient (Wildman–Crippen LogP) is 2.35. The predicted molar refractivity (Wildman–Crippen MR) is 76.4 cm³/mol. The lowest BCUT2D eigenvalue weighted by Crippen LogP contribution is -2.20. The van der Waals surface area contributed by atoms with E-state index in [4.69, 9.17) is 10.5 Å². The number of halogens is 1. The van der Waals surface area contributed by atoms with Gasteiger partial charge >= 0.3 is 0 Å². The third kappa shape index (κ3) is 3.60. The van der Waals surface area contributed by atoms with Gasteiger partial charge in [-0.2, -0.15) is 0 Å². The summed E-state index contributed by atoms with van der Waals surface area (Å²) < 4.78 is 20.3. The van der Waals surface area contributed by atoms with Crippen molar-refractivity contribution in [3.8, 4) is 5.75 Å². The highest BCUT2D eigenvalue weighted by Gasteiger charge is 2.03. The summed E-state index contributed by atoms with van der Waals surface area (Å²) in [5.41, 5.74) is 6.98. The molecule has 0 spiro atoms. The standard InChI is InChI=1S/C15H17FN2O2/c1-11-3-5-13(16)14(9-11)20-8-2-7-18-10-12(17)4-6-15(18)19/h3-6,9-10H,2,7-8,17H2,1H3. The van der Waals surface area contributed by atoms with Crippen LogP contribution in [-0.4, -0.2) is 11.2 Å². The van der Waals surface area contributed by atoms with Crippen molar-refractivity contribution in [3.05, 3.63) is 58.3 Å². The highest BCUT2D eigenvalue weighted by molar-refractivity contribution is 5.33. The van der Waals surface area contributed by atoms with Crippen LogP contribution in [0.25, 0.3) is 0 Å². The van der Waals surface area contributed by atoms with E-state index in [1.807, 2.05) is 6.92 Å². The van der Waals surface area contributed by atoms with E-state index in [9.17, 15) is 9.18 Å². The Kier molecular flexibility index (Phi) is 4.40. The maximum atomic E-state index is 13.4. The van der Waals surface area contributed by atoms with Crippen molar-refractivity contribution in [2.24, 2.45) is 0 Å². The Hall–Kier alpha value is -2.30. The van der Waals surface area contributed by atoms with Crippen LogP contribution in [0.5, 0.6) is 5.75 Å². The van der Waals surface area contributed by atoms with Crippen LogP contribution in [0.2, 0.25) is 0 Å². The van der Waals surface area contributed by atoms with E-state index in [-0.39, 0.29) is 17.1 Å². The van der Waals surface area contributed by atoms with Crippen molar-refractivity contribution in [2.45, 2.75) is 19.9 Å². The van der Waals surface area contributed by atoms with Gasteiger partial charge in [-0.05, 0) is 37.1 Å². The van der Waals surface area contributed by atoms with Crippen molar-refractivity contribution >= 4 is 5.69 Å². The average Bonchev–Trinajstić information content (AvgIpc) is 2.42. The largest absolute Gasteiger partial charge is 0.490 e. The summed E-state index contributed by atoms with van der Waals surface area (Å²) >= 11 is 0. The highest BCUT2D eigenvalue weighted by atomic mass is 19.1. The van der Waals surface area contributed by atoms with E-state index in [0.717, 1.165) is 5.56 Å². The zero-order valence-corrected chi connectivity index (χ0v) is 11.3. The molecule has 5 heteroatoms. The van der Waals surface area contributed by atoms with Crippen LogP contribution in [0.1, 0.15) is 12.0 Å². The van der Waals surface area contributed by atoms with Gasteiger partial charge in [-0.15, -0.1) is 0 Å². The molecule has 2 aromatic rings. The summed E-state index contributed by atoms with van der Waals surface area (Å²) in [5.74, 6) is -0.137. The molecule has 1 heterocycles. The van der Waals surface area contributed by atoms with E-state index < -0.39 is 0 Å². The molecule has 0 radical (unpaired) electrons. The molecule has 20 heavy (non-hydrogen) atoms. The lowest BCUT2D eigenvalue weighted by molar-refractivity contribution is 0.287. The molecule has 0 aliphatic carbocycles. The normalized spacial score (nSPS) is 10.5. The molecule has 0 bridgehead atoms. The Morgan fingerprint density at radius 3 is 2.90 bits per heavy atom. The zero-order chi connectivity index (χ0) is 14.5. The minimum atomic E-state index is -0.378. The summed E-state index contributed by atoms with van der Waals surface area (Å²) in [7, 11) is 0. The van der Waals surface area contributed by atoms with Crippen LogP contribution < -0.4 is 16.0 Å². The van der Waals surface area contributed by atoms with Gasteiger partial charge in [-0.25, -0.2) is 4.39 Å². The summed E-state index contributed by atoms with van der Waals surface area (Å²) in [6.45, 7) is 2.69. The van der Waals surface area contributed by atoms with E-state index in [2.05, 4.69) is 0 Å².